The third-order valence-electron chi connectivity index (χ3n) is 6.76. The van der Waals surface area contributed by atoms with Gasteiger partial charge in [-0.1, -0.05) is 30.3 Å². The van der Waals surface area contributed by atoms with E-state index in [-0.39, 0.29) is 32.1 Å². The molecule has 2 aliphatic rings. The van der Waals surface area contributed by atoms with E-state index in [9.17, 15) is 36.3 Å². The summed E-state index contributed by atoms with van der Waals surface area (Å²) in [7, 11) is 0. The highest BCUT2D eigenvalue weighted by Gasteiger charge is 2.40. The number of hydrogen-bond acceptors (Lipinski definition) is 5. The second-order valence-electron chi connectivity index (χ2n) is 9.50. The molecule has 13 heteroatoms. The summed E-state index contributed by atoms with van der Waals surface area (Å²) in [5.74, 6) is -8.92. The predicted octanol–water partition coefficient (Wildman–Crippen LogP) is 3.56. The van der Waals surface area contributed by atoms with Crippen LogP contribution in [-0.2, 0) is 13.2 Å². The number of alkyl halides is 2. The standard InChI is InChI=1S/C27H23F5N4O4/c28-17-10-20(29)18(21(30)11-17)12-33-25(38)19-13-36-22(24(23(19)37)40-14-16-4-2-1-3-5-16)26(39)34-8-6-27(31,32)7-9-35(36)15-34/h1-5,10-11,13H,6-9,12,14-15H2,(H,33,38). The lowest BCUT2D eigenvalue weighted by atomic mass is 10.1. The molecule has 0 spiro atoms. The van der Waals surface area contributed by atoms with Gasteiger partial charge < -0.3 is 15.0 Å². The molecule has 0 unspecified atom stereocenters. The van der Waals surface area contributed by atoms with E-state index in [0.29, 0.717) is 17.7 Å². The number of hydrogen-bond donors (Lipinski definition) is 1. The zero-order valence-electron chi connectivity index (χ0n) is 20.9. The maximum atomic E-state index is 14.3. The van der Waals surface area contributed by atoms with Gasteiger partial charge in [0.1, 0.15) is 36.3 Å². The summed E-state index contributed by atoms with van der Waals surface area (Å²) in [6.45, 7) is -1.41. The van der Waals surface area contributed by atoms with E-state index in [0.717, 1.165) is 10.9 Å². The summed E-state index contributed by atoms with van der Waals surface area (Å²) in [4.78, 5) is 41.2. The molecular weight excluding hydrogens is 539 g/mol. The van der Waals surface area contributed by atoms with Crippen LogP contribution in [0.5, 0.6) is 5.75 Å². The van der Waals surface area contributed by atoms with Crippen LogP contribution in [0.4, 0.5) is 22.0 Å². The van der Waals surface area contributed by atoms with Gasteiger partial charge in [-0.15, -0.1) is 0 Å². The molecule has 40 heavy (non-hydrogen) atoms. The van der Waals surface area contributed by atoms with Gasteiger partial charge in [0.05, 0.1) is 0 Å². The number of amides is 2. The van der Waals surface area contributed by atoms with E-state index in [2.05, 4.69) is 5.32 Å². The third-order valence-corrected chi connectivity index (χ3v) is 6.76. The Morgan fingerprint density at radius 3 is 2.38 bits per heavy atom. The fraction of sp³-hybridized carbons (Fsp3) is 0.296. The van der Waals surface area contributed by atoms with Gasteiger partial charge >= 0.3 is 0 Å². The van der Waals surface area contributed by atoms with Crippen LogP contribution in [0.1, 0.15) is 44.8 Å². The number of benzene rings is 2. The highest BCUT2D eigenvalue weighted by molar-refractivity contribution is 5.99. The molecule has 5 rings (SSSR count). The van der Waals surface area contributed by atoms with E-state index in [1.165, 1.54) is 9.91 Å². The summed E-state index contributed by atoms with van der Waals surface area (Å²) in [6, 6.07) is 9.57. The molecule has 0 radical (unpaired) electrons. The van der Waals surface area contributed by atoms with Crippen molar-refractivity contribution in [1.82, 2.24) is 14.9 Å². The van der Waals surface area contributed by atoms with Crippen LogP contribution in [0.2, 0.25) is 0 Å². The first-order valence-electron chi connectivity index (χ1n) is 12.3. The van der Waals surface area contributed by atoms with Crippen LogP contribution in [0, 0.1) is 17.5 Å². The number of carbonyl (C=O) groups excluding carboxylic acids is 2. The summed E-state index contributed by atoms with van der Waals surface area (Å²) < 4.78 is 76.9. The number of carbonyl (C=O) groups is 2. The van der Waals surface area contributed by atoms with E-state index in [1.807, 2.05) is 0 Å². The van der Waals surface area contributed by atoms with Crippen LogP contribution in [0.3, 0.4) is 0 Å². The minimum absolute atomic E-state index is 0.0734. The second-order valence-corrected chi connectivity index (χ2v) is 9.50. The number of nitrogens with one attached hydrogen (secondary N) is 1. The molecule has 1 fully saturated rings. The molecule has 0 aliphatic carbocycles. The van der Waals surface area contributed by atoms with E-state index < -0.39 is 76.9 Å². The molecule has 0 atom stereocenters. The Hall–Kier alpha value is -4.42. The molecule has 2 amide bonds. The minimum atomic E-state index is -3.04. The van der Waals surface area contributed by atoms with Gasteiger partial charge in [-0.25, -0.2) is 22.0 Å². The van der Waals surface area contributed by atoms with Crippen molar-refractivity contribution in [1.29, 1.82) is 0 Å². The first kappa shape index (κ1) is 27.2. The molecule has 8 nitrogen and oxygen atoms in total. The molecular formula is C27H23F5N4O4. The lowest BCUT2D eigenvalue weighted by molar-refractivity contribution is -0.0302. The van der Waals surface area contributed by atoms with Crippen molar-refractivity contribution in [2.24, 2.45) is 0 Å². The van der Waals surface area contributed by atoms with Crippen LogP contribution < -0.4 is 20.5 Å². The second kappa shape index (κ2) is 10.6. The highest BCUT2D eigenvalue weighted by atomic mass is 19.3. The maximum Gasteiger partial charge on any atom is 0.277 e. The number of ether oxygens (including phenoxy) is 1. The van der Waals surface area contributed by atoms with Gasteiger partial charge in [0.25, 0.3) is 17.7 Å². The lowest BCUT2D eigenvalue weighted by Crippen LogP contribution is -2.57. The average Bonchev–Trinajstić information content (AvgIpc) is 2.90. The topological polar surface area (TPSA) is 83.9 Å². The first-order chi connectivity index (χ1) is 19.0. The van der Waals surface area contributed by atoms with Crippen LogP contribution in [0.25, 0.3) is 0 Å². The van der Waals surface area contributed by atoms with Gasteiger partial charge in [0, 0.05) is 56.4 Å². The molecule has 2 aromatic carbocycles. The molecule has 1 N–H and O–H groups in total. The van der Waals surface area contributed by atoms with Crippen molar-refractivity contribution in [3.63, 3.8) is 0 Å². The van der Waals surface area contributed by atoms with Crippen LogP contribution >= 0.6 is 0 Å². The van der Waals surface area contributed by atoms with Crippen LogP contribution in [-0.4, -0.2) is 47.1 Å². The van der Waals surface area contributed by atoms with Crippen molar-refractivity contribution in [3.8, 4) is 5.75 Å². The summed E-state index contributed by atoms with van der Waals surface area (Å²) in [5.41, 5.74) is -1.74. The summed E-state index contributed by atoms with van der Waals surface area (Å²) in [6.07, 6.45) is -0.0613. The van der Waals surface area contributed by atoms with Crippen molar-refractivity contribution in [3.05, 3.63) is 98.7 Å². The lowest BCUT2D eigenvalue weighted by Gasteiger charge is -2.42. The van der Waals surface area contributed by atoms with E-state index in [4.69, 9.17) is 4.74 Å². The Balaban J connectivity index is 1.54. The van der Waals surface area contributed by atoms with Crippen molar-refractivity contribution >= 4 is 11.8 Å². The highest BCUT2D eigenvalue weighted by Crippen LogP contribution is 2.30. The molecule has 0 saturated carbocycles. The number of halogens is 5. The maximum absolute atomic E-state index is 14.3. The number of nitrogens with zero attached hydrogens (tertiary/aromatic N) is 3. The fourth-order valence-electron chi connectivity index (χ4n) is 4.57. The summed E-state index contributed by atoms with van der Waals surface area (Å²) >= 11 is 0. The van der Waals surface area contributed by atoms with Crippen molar-refractivity contribution in [2.45, 2.75) is 31.9 Å². The summed E-state index contributed by atoms with van der Waals surface area (Å²) in [5, 5.41) is 3.61. The Labute approximate surface area is 224 Å². The first-order valence-corrected chi connectivity index (χ1v) is 12.3. The molecule has 2 bridgehead atoms. The minimum Gasteiger partial charge on any atom is -0.482 e. The van der Waals surface area contributed by atoms with Crippen LogP contribution in [0.15, 0.2) is 53.5 Å². The van der Waals surface area contributed by atoms with E-state index in [1.54, 1.807) is 30.3 Å². The van der Waals surface area contributed by atoms with Gasteiger partial charge in [-0.05, 0) is 5.56 Å². The SMILES string of the molecule is O=C(NCc1c(F)cc(F)cc1F)c1cn2c(c(OCc3ccccc3)c1=O)C(=O)N1CCC(F)(F)CCN2C1. The van der Waals surface area contributed by atoms with Gasteiger partial charge in [0.15, 0.2) is 11.4 Å². The molecule has 210 valence electrons. The zero-order valence-corrected chi connectivity index (χ0v) is 20.9. The largest absolute Gasteiger partial charge is 0.482 e. The average molecular weight is 562 g/mol. The Bertz CT molecular complexity index is 1510. The number of aromatic nitrogens is 1. The molecule has 3 heterocycles. The molecule has 1 aromatic heterocycles. The van der Waals surface area contributed by atoms with Gasteiger partial charge in [-0.2, -0.15) is 0 Å². The normalized spacial score (nSPS) is 16.2. The Kier molecular flexibility index (Phi) is 7.21. The number of fused-ring (bicyclic) bond motifs is 4. The molecule has 1 saturated heterocycles. The van der Waals surface area contributed by atoms with Crippen molar-refractivity contribution in [2.75, 3.05) is 24.8 Å². The molecule has 2 aliphatic heterocycles. The number of rotatable bonds is 6. The zero-order chi connectivity index (χ0) is 28.6. The smallest absolute Gasteiger partial charge is 0.277 e. The quantitative estimate of drug-likeness (QED) is 0.465. The van der Waals surface area contributed by atoms with Gasteiger partial charge in [-0.3, -0.25) is 24.1 Å². The fourth-order valence-corrected chi connectivity index (χ4v) is 4.57. The number of pyridine rings is 1. The van der Waals surface area contributed by atoms with Gasteiger partial charge in [0.2, 0.25) is 5.43 Å². The monoisotopic (exact) mass is 562 g/mol. The van der Waals surface area contributed by atoms with Crippen molar-refractivity contribution < 1.29 is 36.3 Å². The Morgan fingerprint density at radius 1 is 1.00 bits per heavy atom. The van der Waals surface area contributed by atoms with E-state index >= 15 is 0 Å². The third kappa shape index (κ3) is 5.36. The molecule has 3 aromatic rings. The Morgan fingerprint density at radius 2 is 1.68 bits per heavy atom. The predicted molar refractivity (Wildman–Crippen MR) is 132 cm³/mol.